The molecule has 18 heterocycles. The molecular weight excluding hydrogens is 2090 g/mol. The number of rotatable bonds is 37. The van der Waals surface area contributed by atoms with E-state index in [1.54, 1.807) is 67.0 Å². The van der Waals surface area contributed by atoms with Gasteiger partial charge in [-0.05, 0) is 176 Å². The number of pyridine rings is 5. The van der Waals surface area contributed by atoms with Crippen molar-refractivity contribution in [3.05, 3.63) is 187 Å². The largest absolute Gasteiger partial charge is 0.508 e. The van der Waals surface area contributed by atoms with Crippen LogP contribution in [0.15, 0.2) is 190 Å². The fourth-order valence-electron chi connectivity index (χ4n) is 16.5. The van der Waals surface area contributed by atoms with Crippen LogP contribution in [0.25, 0.3) is 135 Å². The summed E-state index contributed by atoms with van der Waals surface area (Å²) in [6.07, 6.45) is 32.5. The van der Waals surface area contributed by atoms with Crippen LogP contribution >= 0.6 is 90.7 Å². The molecule has 1 saturated carbocycles. The van der Waals surface area contributed by atoms with Crippen molar-refractivity contribution < 1.29 is 44.5 Å². The highest BCUT2D eigenvalue weighted by molar-refractivity contribution is 7.89. The number of hydrogen-bond acceptors (Lipinski definition) is 37. The van der Waals surface area contributed by atoms with Crippen LogP contribution in [-0.2, 0) is 81.2 Å². The number of amidine groups is 1. The number of aliphatic imine (C=N–C) groups is 4. The Balaban J connectivity index is 0.000000126. The number of allylic oxidation sites excluding steroid dienone is 4. The highest BCUT2D eigenvalue weighted by Crippen LogP contribution is 2.49. The predicted molar refractivity (Wildman–Crippen MR) is 610 cm³/mol. The minimum atomic E-state index is -1.17. The summed E-state index contributed by atoms with van der Waals surface area (Å²) in [6.45, 7) is 14.0. The number of anilines is 3. The molecule has 6 aliphatic rings. The maximum absolute atomic E-state index is 13.0. The Morgan fingerprint density at radius 1 is 0.459 bits per heavy atom. The van der Waals surface area contributed by atoms with Gasteiger partial charge in [-0.1, -0.05) is 77.6 Å². The van der Waals surface area contributed by atoms with Gasteiger partial charge in [0.25, 0.3) is 0 Å². The van der Waals surface area contributed by atoms with E-state index in [4.69, 9.17) is 61.5 Å². The van der Waals surface area contributed by atoms with Gasteiger partial charge in [0, 0.05) is 230 Å². The van der Waals surface area contributed by atoms with Crippen LogP contribution in [0.3, 0.4) is 0 Å². The van der Waals surface area contributed by atoms with Crippen molar-refractivity contribution in [2.45, 2.75) is 169 Å². The molecule has 29 nitrogen and oxygen atoms in total. The predicted octanol–water partition coefficient (Wildman–Crippen LogP) is 24.5. The van der Waals surface area contributed by atoms with Crippen molar-refractivity contribution >= 4 is 261 Å². The quantitative estimate of drug-likeness (QED) is 0.0207. The number of furan rings is 1. The van der Waals surface area contributed by atoms with Gasteiger partial charge in [-0.25, -0.2) is 59.6 Å². The smallest absolute Gasteiger partial charge is 0.433 e. The Labute approximate surface area is 891 Å². The molecule has 15 aromatic rings. The first-order valence-electron chi connectivity index (χ1n) is 48.0. The number of aromatic nitrogens is 10. The first-order valence-corrected chi connectivity index (χ1v) is 61.4. The van der Waals surface area contributed by atoms with Gasteiger partial charge in [0.1, 0.15) is 94.0 Å². The molecule has 146 heavy (non-hydrogen) atoms. The van der Waals surface area contributed by atoms with Crippen molar-refractivity contribution in [3.63, 3.8) is 0 Å². The van der Waals surface area contributed by atoms with Crippen LogP contribution in [0.4, 0.5) is 21.9 Å². The first-order chi connectivity index (χ1) is 70.9. The fraction of sp³-hybridized carbons (Fsp3) is 0.337. The van der Waals surface area contributed by atoms with Crippen LogP contribution in [-0.4, -0.2) is 175 Å². The summed E-state index contributed by atoms with van der Waals surface area (Å²) < 4.78 is 87.1. The standard InChI is InChI=1S/C26H30N4O4S3.C21H22N4O2S3.C20H21N3OS2.C19H19N3O2S2.C18H19N5OS3/c1-4-5-14-37(32)25-22(27)21-19(15-20(29-24(21)36-25)23-28-10-13-35-23)18-8-6-17(7-9-18)16-34-26(31)33-12-11-30(2)3;1-27-6-2-8-30(26)21-18(22)17-14(13-9-15(24-11-13)12-3-4-12)10-16(25-20(17)29-21)19-23-5-7-28-19;1-3-4-7-26(24)15-9-17-16(14-8-13(2)22-12-14)11-19(23-18(17)10-15)20-21-5-6-25-20;1-3-4-7-26(23)17-10-15-14(13-8-12(2)21-11-13)9-16(22-18(15)24-17)19-20-5-6-25-19;1-2-3-6-27(24)18-15(20)14-11(10-7-13(19)22-9-10)8-12(23-17(14)26-18)16-21-4-5-25-16/h6-10,13,15H,4-5,11-12,14,16,27H2,1-3H3;5,7,10-12H,2-4,6,8-9,22H2,1H3;5-6,9,11-12H,3-4,7-8,10H2,1-2H3;5-6,9-11H,3-4,7-8H2,1-2H3;4-5,8-9H,2-3,6-7,20H2,1H3,(H2,19,22). The molecule has 8 N–H and O–H groups in total. The van der Waals surface area contributed by atoms with Gasteiger partial charge in [0.05, 0.1) is 71.6 Å². The Bertz CT molecular complexity index is 7700. The molecule has 5 unspecified atom stereocenters. The number of methoxy groups -OCH3 is 1. The number of likely N-dealkylation sites (N-methyl/N-ethyl adjacent to an activating group) is 1. The number of carbonyl (C=O) groups excluding carboxylic acids is 1. The number of nitrogens with two attached hydrogens (primary N) is 4. The Morgan fingerprint density at radius 3 is 1.34 bits per heavy atom. The average molecular weight is 2200 g/mol. The van der Waals surface area contributed by atoms with E-state index >= 15 is 0 Å². The molecule has 1 fully saturated rings. The number of fused-ring (bicyclic) bond motifs is 5. The Morgan fingerprint density at radius 2 is 0.884 bits per heavy atom. The van der Waals surface area contributed by atoms with E-state index in [9.17, 15) is 25.8 Å². The van der Waals surface area contributed by atoms with E-state index in [2.05, 4.69) is 95.8 Å². The zero-order chi connectivity index (χ0) is 102. The van der Waals surface area contributed by atoms with Gasteiger partial charge in [-0.15, -0.1) is 90.7 Å². The van der Waals surface area contributed by atoms with Crippen molar-refractivity contribution in [3.8, 4) is 64.6 Å². The van der Waals surface area contributed by atoms with E-state index < -0.39 is 60.2 Å². The molecule has 0 bridgehead atoms. The van der Waals surface area contributed by atoms with Gasteiger partial charge in [0.15, 0.2) is 5.09 Å². The van der Waals surface area contributed by atoms with E-state index in [1.807, 2.05) is 127 Å². The normalized spacial score (nSPS) is 15.2. The molecule has 5 atom stereocenters. The lowest BCUT2D eigenvalue weighted by molar-refractivity contribution is 0.0461. The summed E-state index contributed by atoms with van der Waals surface area (Å²) in [4.78, 5) is 80.8. The molecule has 1 aromatic carbocycles. The maximum Gasteiger partial charge on any atom is 0.508 e. The van der Waals surface area contributed by atoms with Gasteiger partial charge < -0.3 is 46.5 Å². The van der Waals surface area contributed by atoms with Gasteiger partial charge >= 0.3 is 6.16 Å². The fourth-order valence-corrected chi connectivity index (χ4v) is 30.2. The number of ether oxygens (including phenoxy) is 3. The van der Waals surface area contributed by atoms with E-state index in [-0.39, 0.29) is 13.2 Å². The molecule has 0 spiro atoms. The van der Waals surface area contributed by atoms with Crippen LogP contribution in [0, 0.1) is 5.92 Å². The topological polar surface area (TPSA) is 429 Å². The second-order valence-corrected chi connectivity index (χ2v) is 51.2. The number of nitrogens with zero attached hydrogens (tertiary/aromatic N) is 15. The van der Waals surface area contributed by atoms with Crippen molar-refractivity contribution in [1.82, 2.24) is 54.7 Å². The highest BCUT2D eigenvalue weighted by atomic mass is 32.2. The lowest BCUT2D eigenvalue weighted by atomic mass is 9.97. The lowest BCUT2D eigenvalue weighted by Crippen LogP contribution is -2.20. The van der Waals surface area contributed by atoms with Crippen molar-refractivity contribution in [1.29, 1.82) is 0 Å². The number of carbonyl (C=O) groups is 1. The monoisotopic (exact) mass is 2200 g/mol. The number of unbranched alkanes of at least 4 members (excludes halogenated alkanes) is 4. The summed E-state index contributed by atoms with van der Waals surface area (Å²) in [6, 6.07) is 19.8. The summed E-state index contributed by atoms with van der Waals surface area (Å²) in [7, 11) is -0.0690. The molecule has 4 aliphatic heterocycles. The number of benzene rings is 1. The summed E-state index contributed by atoms with van der Waals surface area (Å²) in [5, 5.41) is 17.9. The Kier molecular flexibility index (Phi) is 36.4. The molecular formula is C104H111N19O10S13. The second-order valence-electron chi connectivity index (χ2n) is 35.3. The van der Waals surface area contributed by atoms with Crippen LogP contribution in [0.1, 0.15) is 177 Å². The van der Waals surface area contributed by atoms with Gasteiger partial charge in [-0.3, -0.25) is 36.0 Å². The van der Waals surface area contributed by atoms with Crippen LogP contribution in [0.5, 0.6) is 0 Å². The summed E-state index contributed by atoms with van der Waals surface area (Å²) in [5.74, 6) is 4.27. The molecule has 2 aliphatic carbocycles. The molecule has 42 heteroatoms. The minimum absolute atomic E-state index is 0.109. The van der Waals surface area contributed by atoms with Crippen molar-refractivity contribution in [2.24, 2.45) is 31.6 Å². The molecule has 760 valence electrons. The molecule has 0 radical (unpaired) electrons. The highest BCUT2D eigenvalue weighted by Gasteiger charge is 2.34. The number of thiophene rings is 3. The SMILES string of the molecule is CCCCS(=O)C1=Cc2c(C3=CN=C(C)C3)cc(-c3nccs3)nc2C1.CCCCS(=O)c1cc2c(C3=CN=C(C)C3)cc(-c3nccs3)nc2o1.CCCCS(=O)c1sc2nc(-c3nccs3)cc(-c3ccc(COC(=O)OCCN(C)C)cc3)c2c1N.CCCCS(=O)c1sc2nc(-c3nccs3)cc(C3=CN=C(N)C3)c2c1N.COCCCS(=O)c1sc2nc(-c3nccs3)cc(C3=CN=C(C4CC4)C3)c2c1N. The van der Waals surface area contributed by atoms with Crippen LogP contribution < -0.4 is 22.9 Å². The third kappa shape index (κ3) is 25.6. The lowest BCUT2D eigenvalue weighted by Gasteiger charge is -2.11. The third-order valence-corrected chi connectivity index (χ3v) is 39.9. The minimum Gasteiger partial charge on any atom is -0.433 e. The van der Waals surface area contributed by atoms with Gasteiger partial charge in [0.2, 0.25) is 5.71 Å². The van der Waals surface area contributed by atoms with Gasteiger partial charge in [-0.2, -0.15) is 0 Å². The van der Waals surface area contributed by atoms with Crippen molar-refractivity contribution in [2.75, 3.05) is 86.9 Å². The summed E-state index contributed by atoms with van der Waals surface area (Å²) in [5.41, 5.74) is 48.6. The molecule has 0 saturated heterocycles. The maximum atomic E-state index is 13.0. The summed E-state index contributed by atoms with van der Waals surface area (Å²) >= 11 is 12.0. The Hall–Kier alpha value is -10.9. The molecule has 14 aromatic heterocycles. The molecule has 0 amide bonds. The van der Waals surface area contributed by atoms with E-state index in [1.165, 1.54) is 92.1 Å². The zero-order valence-electron chi connectivity index (χ0n) is 82.1. The van der Waals surface area contributed by atoms with Crippen LogP contribution in [0.2, 0.25) is 0 Å². The van der Waals surface area contributed by atoms with E-state index in [0.29, 0.717) is 101 Å². The third-order valence-electron chi connectivity index (χ3n) is 24.2. The first kappa shape index (κ1) is 106. The number of nitrogen functional groups attached to an aromatic ring is 3. The second kappa shape index (κ2) is 49.9. The number of hydrogen-bond donors (Lipinski definition) is 4. The number of thiazole rings is 5. The zero-order valence-corrected chi connectivity index (χ0v) is 92.7. The average Bonchev–Trinajstić information content (AvgIpc) is 1.62. The molecule has 21 rings (SSSR count). The van der Waals surface area contributed by atoms with E-state index in [0.717, 1.165) is 256 Å².